The number of imide groups is 1. The van der Waals surface area contributed by atoms with Gasteiger partial charge >= 0.3 is 0 Å². The van der Waals surface area contributed by atoms with Crippen LogP contribution in [0.3, 0.4) is 0 Å². The molecule has 0 aromatic heterocycles. The van der Waals surface area contributed by atoms with Gasteiger partial charge in [0.1, 0.15) is 6.04 Å². The van der Waals surface area contributed by atoms with Gasteiger partial charge in [-0.3, -0.25) is 19.2 Å². The lowest BCUT2D eigenvalue weighted by Gasteiger charge is -2.39. The first-order valence-electron chi connectivity index (χ1n) is 13.5. The van der Waals surface area contributed by atoms with Crippen LogP contribution in [0, 0.1) is 17.8 Å². The van der Waals surface area contributed by atoms with Gasteiger partial charge in [-0.1, -0.05) is 67.1 Å². The van der Waals surface area contributed by atoms with Gasteiger partial charge in [-0.25, -0.2) is 4.90 Å². The number of hydrogen-bond acceptors (Lipinski definition) is 5. The van der Waals surface area contributed by atoms with Crippen LogP contribution in [0.2, 0.25) is 0 Å². The Morgan fingerprint density at radius 1 is 0.816 bits per heavy atom. The highest BCUT2D eigenvalue weighted by molar-refractivity contribution is 6.24. The maximum atomic E-state index is 14.1. The number of nitrogens with one attached hydrogen (secondary N) is 1. The third-order valence-electron chi connectivity index (χ3n) is 8.42. The zero-order valence-corrected chi connectivity index (χ0v) is 21.2. The summed E-state index contributed by atoms with van der Waals surface area (Å²) in [6.07, 6.45) is 6.26. The van der Waals surface area contributed by atoms with Gasteiger partial charge in [0.15, 0.2) is 0 Å². The molecule has 3 heterocycles. The van der Waals surface area contributed by atoms with Crippen LogP contribution in [-0.4, -0.2) is 71.7 Å². The number of hydrogen-bond donors (Lipinski definition) is 1. The highest BCUT2D eigenvalue weighted by Gasteiger charge is 2.65. The minimum Gasteiger partial charge on any atom is -0.338 e. The molecule has 2 aromatic rings. The zero-order valence-electron chi connectivity index (χ0n) is 21.2. The number of likely N-dealkylation sites (tertiary alicyclic amines) is 1. The lowest BCUT2D eigenvalue weighted by Crippen LogP contribution is -2.58. The largest absolute Gasteiger partial charge is 0.338 e. The van der Waals surface area contributed by atoms with Crippen LogP contribution in [0.4, 0.5) is 5.69 Å². The summed E-state index contributed by atoms with van der Waals surface area (Å²) in [6.45, 7) is 2.33. The molecule has 3 saturated heterocycles. The first-order valence-corrected chi connectivity index (χ1v) is 13.5. The van der Waals surface area contributed by atoms with E-state index in [1.807, 2.05) is 48.6 Å². The normalized spacial score (nSPS) is 27.6. The van der Waals surface area contributed by atoms with Crippen molar-refractivity contribution in [1.29, 1.82) is 0 Å². The Bertz CT molecular complexity index is 1250. The van der Waals surface area contributed by atoms with Crippen LogP contribution in [0.5, 0.6) is 0 Å². The molecule has 4 amide bonds. The quantitative estimate of drug-likeness (QED) is 0.621. The standard InChI is InChI=1S/C30H32N4O4/c35-27(21-10-7-11-21)34-23(15-14-20-8-3-1-4-9-20)24-25(26(34)30(38)32-18-16-31-17-19-32)29(37)33(28(24)36)22-12-5-2-6-13-22/h1-6,8-9,12-15,21,23-26,31H,7,10-11,16-19H2. The van der Waals surface area contributed by atoms with Gasteiger partial charge in [-0.05, 0) is 30.5 Å². The molecule has 38 heavy (non-hydrogen) atoms. The van der Waals surface area contributed by atoms with E-state index in [0.29, 0.717) is 31.9 Å². The second-order valence-corrected chi connectivity index (χ2v) is 10.6. The van der Waals surface area contributed by atoms with E-state index in [2.05, 4.69) is 5.32 Å². The van der Waals surface area contributed by atoms with Gasteiger partial charge in [-0.2, -0.15) is 0 Å². The number of fused-ring (bicyclic) bond motifs is 1. The molecule has 1 saturated carbocycles. The Labute approximate surface area is 222 Å². The van der Waals surface area contributed by atoms with Crippen LogP contribution < -0.4 is 10.2 Å². The molecule has 4 atom stereocenters. The lowest BCUT2D eigenvalue weighted by atomic mass is 9.84. The minimum absolute atomic E-state index is 0.117. The van der Waals surface area contributed by atoms with E-state index in [-0.39, 0.29) is 23.6 Å². The summed E-state index contributed by atoms with van der Waals surface area (Å²) in [7, 11) is 0. The maximum Gasteiger partial charge on any atom is 0.246 e. The van der Waals surface area contributed by atoms with E-state index in [4.69, 9.17) is 0 Å². The molecular formula is C30H32N4O4. The predicted octanol–water partition coefficient (Wildman–Crippen LogP) is 2.32. The van der Waals surface area contributed by atoms with Crippen LogP contribution in [0.1, 0.15) is 24.8 Å². The second kappa shape index (κ2) is 10.2. The highest BCUT2D eigenvalue weighted by atomic mass is 16.2. The first-order chi connectivity index (χ1) is 18.6. The Hall–Kier alpha value is -3.78. The Balaban J connectivity index is 1.45. The van der Waals surface area contributed by atoms with Crippen molar-refractivity contribution < 1.29 is 19.2 Å². The van der Waals surface area contributed by atoms with Crippen molar-refractivity contribution >= 4 is 35.4 Å². The summed E-state index contributed by atoms with van der Waals surface area (Å²) in [5.74, 6) is -3.01. The average molecular weight is 513 g/mol. The number of para-hydroxylation sites is 1. The fourth-order valence-corrected chi connectivity index (χ4v) is 6.25. The van der Waals surface area contributed by atoms with Crippen molar-refractivity contribution in [3.8, 4) is 0 Å². The molecule has 8 heteroatoms. The molecule has 0 spiro atoms. The summed E-state index contributed by atoms with van der Waals surface area (Å²) in [5.41, 5.74) is 1.42. The van der Waals surface area contributed by atoms with Gasteiger partial charge in [0.2, 0.25) is 23.6 Å². The number of rotatable bonds is 5. The molecule has 0 radical (unpaired) electrons. The molecule has 4 unspecified atom stereocenters. The van der Waals surface area contributed by atoms with Crippen molar-refractivity contribution in [2.24, 2.45) is 17.8 Å². The lowest BCUT2D eigenvalue weighted by molar-refractivity contribution is -0.151. The number of amides is 4. The van der Waals surface area contributed by atoms with Crippen molar-refractivity contribution in [3.05, 3.63) is 72.3 Å². The van der Waals surface area contributed by atoms with Crippen molar-refractivity contribution in [3.63, 3.8) is 0 Å². The van der Waals surface area contributed by atoms with Gasteiger partial charge in [0, 0.05) is 32.1 Å². The van der Waals surface area contributed by atoms with Gasteiger partial charge in [-0.15, -0.1) is 0 Å². The average Bonchev–Trinajstić information content (AvgIpc) is 3.39. The maximum absolute atomic E-state index is 14.1. The predicted molar refractivity (Wildman–Crippen MR) is 143 cm³/mol. The number of carbonyl (C=O) groups is 4. The fourth-order valence-electron chi connectivity index (χ4n) is 6.25. The molecule has 4 fully saturated rings. The van der Waals surface area contributed by atoms with E-state index in [0.717, 1.165) is 24.8 Å². The molecule has 2 aromatic carbocycles. The highest BCUT2D eigenvalue weighted by Crippen LogP contribution is 2.47. The molecule has 1 aliphatic carbocycles. The second-order valence-electron chi connectivity index (χ2n) is 10.6. The van der Waals surface area contributed by atoms with Crippen LogP contribution in [-0.2, 0) is 19.2 Å². The molecule has 8 nitrogen and oxygen atoms in total. The number of piperazine rings is 1. The minimum atomic E-state index is -0.998. The number of benzene rings is 2. The molecule has 6 rings (SSSR count). The molecule has 4 aliphatic rings. The van der Waals surface area contributed by atoms with E-state index in [9.17, 15) is 19.2 Å². The third kappa shape index (κ3) is 4.13. The van der Waals surface area contributed by atoms with E-state index in [1.54, 1.807) is 34.1 Å². The van der Waals surface area contributed by atoms with Crippen LogP contribution in [0.25, 0.3) is 6.08 Å². The summed E-state index contributed by atoms with van der Waals surface area (Å²) in [6, 6.07) is 16.8. The Kier molecular flexibility index (Phi) is 6.57. The molecule has 1 N–H and O–H groups in total. The van der Waals surface area contributed by atoms with E-state index >= 15 is 0 Å². The van der Waals surface area contributed by atoms with Gasteiger partial charge in [0.25, 0.3) is 0 Å². The summed E-state index contributed by atoms with van der Waals surface area (Å²) < 4.78 is 0. The topological polar surface area (TPSA) is 90.0 Å². The summed E-state index contributed by atoms with van der Waals surface area (Å²) >= 11 is 0. The third-order valence-corrected chi connectivity index (χ3v) is 8.42. The van der Waals surface area contributed by atoms with E-state index in [1.165, 1.54) is 4.90 Å². The van der Waals surface area contributed by atoms with Gasteiger partial charge < -0.3 is 15.1 Å². The smallest absolute Gasteiger partial charge is 0.246 e. The zero-order chi connectivity index (χ0) is 26.2. The first kappa shape index (κ1) is 24.6. The van der Waals surface area contributed by atoms with Crippen molar-refractivity contribution in [2.45, 2.75) is 31.3 Å². The van der Waals surface area contributed by atoms with E-state index < -0.39 is 29.8 Å². The Morgan fingerprint density at radius 2 is 1.45 bits per heavy atom. The number of anilines is 1. The van der Waals surface area contributed by atoms with Crippen molar-refractivity contribution in [2.75, 3.05) is 31.1 Å². The molecule has 3 aliphatic heterocycles. The number of nitrogens with zero attached hydrogens (tertiary/aromatic N) is 3. The van der Waals surface area contributed by atoms with Crippen molar-refractivity contribution in [1.82, 2.24) is 15.1 Å². The van der Waals surface area contributed by atoms with Crippen LogP contribution in [0.15, 0.2) is 66.7 Å². The summed E-state index contributed by atoms with van der Waals surface area (Å²) in [4.78, 5) is 60.6. The van der Waals surface area contributed by atoms with Crippen LogP contribution >= 0.6 is 0 Å². The SMILES string of the molecule is O=C(C1C2C(=O)N(c3ccccc3)C(=O)C2C(C=Cc2ccccc2)N1C(=O)C1CCC1)N1CCNCC1. The number of carbonyl (C=O) groups excluding carboxylic acids is 4. The fraction of sp³-hybridized carbons (Fsp3) is 0.400. The molecule has 196 valence electrons. The van der Waals surface area contributed by atoms with Gasteiger partial charge in [0.05, 0.1) is 23.6 Å². The molecule has 0 bridgehead atoms. The Morgan fingerprint density at radius 3 is 2.08 bits per heavy atom. The molecular weight excluding hydrogens is 480 g/mol. The summed E-state index contributed by atoms with van der Waals surface area (Å²) in [5, 5.41) is 3.25. The monoisotopic (exact) mass is 512 g/mol.